The van der Waals surface area contributed by atoms with Crippen molar-refractivity contribution in [1.82, 2.24) is 19.2 Å². The quantitative estimate of drug-likeness (QED) is 0.739. The van der Waals surface area contributed by atoms with Crippen molar-refractivity contribution < 1.29 is 0 Å². The topological polar surface area (TPSA) is 51.6 Å². The van der Waals surface area contributed by atoms with E-state index in [1.165, 1.54) is 23.1 Å². The first-order valence-electron chi connectivity index (χ1n) is 2.68. The summed E-state index contributed by atoms with van der Waals surface area (Å²) < 4.78 is 9.61. The van der Waals surface area contributed by atoms with Gasteiger partial charge in [-0.05, 0) is 23.1 Å². The van der Waals surface area contributed by atoms with E-state index >= 15 is 0 Å². The lowest BCUT2D eigenvalue weighted by molar-refractivity contribution is 1.14. The van der Waals surface area contributed by atoms with E-state index in [1.807, 2.05) is 0 Å². The largest absolute Gasteiger partial charge is 0.145 e. The number of nitrogens with zero attached hydrogens (tertiary/aromatic N) is 4. The number of rotatable bonds is 2. The number of aromatic nitrogens is 4. The van der Waals surface area contributed by atoms with Gasteiger partial charge in [-0.15, -0.1) is 10.2 Å². The maximum Gasteiger partial charge on any atom is 0.107 e. The molecular formula is C4H2N4S3. The summed E-state index contributed by atoms with van der Waals surface area (Å²) >= 11 is 4.34. The SMILES string of the molecule is c1nnsc1Sc1cnns1. The van der Waals surface area contributed by atoms with E-state index in [4.69, 9.17) is 0 Å². The van der Waals surface area contributed by atoms with Crippen LogP contribution in [0.5, 0.6) is 0 Å². The molecule has 0 aliphatic rings. The molecule has 0 saturated heterocycles. The first-order valence-corrected chi connectivity index (χ1v) is 5.04. The molecular weight excluding hydrogens is 200 g/mol. The summed E-state index contributed by atoms with van der Waals surface area (Å²) in [7, 11) is 0. The Bertz CT molecular complexity index is 270. The molecule has 0 aliphatic heterocycles. The second-order valence-electron chi connectivity index (χ2n) is 1.58. The van der Waals surface area contributed by atoms with Gasteiger partial charge in [0.05, 0.1) is 12.4 Å². The zero-order valence-corrected chi connectivity index (χ0v) is 7.62. The van der Waals surface area contributed by atoms with Crippen molar-refractivity contribution >= 4 is 34.8 Å². The van der Waals surface area contributed by atoms with E-state index < -0.39 is 0 Å². The van der Waals surface area contributed by atoms with Crippen molar-refractivity contribution in [1.29, 1.82) is 0 Å². The van der Waals surface area contributed by atoms with Crippen molar-refractivity contribution in [2.75, 3.05) is 0 Å². The van der Waals surface area contributed by atoms with Crippen LogP contribution in [0.15, 0.2) is 20.8 Å². The van der Waals surface area contributed by atoms with E-state index in [0.717, 1.165) is 8.42 Å². The Labute approximate surface area is 75.0 Å². The first-order chi connectivity index (χ1) is 5.45. The van der Waals surface area contributed by atoms with Gasteiger partial charge in [0, 0.05) is 0 Å². The van der Waals surface area contributed by atoms with Crippen molar-refractivity contribution in [3.8, 4) is 0 Å². The summed E-state index contributed by atoms with van der Waals surface area (Å²) in [6.07, 6.45) is 3.46. The maximum atomic E-state index is 3.74. The molecule has 2 aromatic heterocycles. The summed E-state index contributed by atoms with van der Waals surface area (Å²) in [5, 5.41) is 7.43. The average molecular weight is 202 g/mol. The fourth-order valence-electron chi connectivity index (χ4n) is 0.505. The minimum atomic E-state index is 1.07. The van der Waals surface area contributed by atoms with Crippen LogP contribution < -0.4 is 0 Å². The van der Waals surface area contributed by atoms with E-state index in [1.54, 1.807) is 24.2 Å². The molecule has 2 aromatic rings. The van der Waals surface area contributed by atoms with E-state index in [-0.39, 0.29) is 0 Å². The van der Waals surface area contributed by atoms with Crippen LogP contribution in [-0.4, -0.2) is 19.2 Å². The Morgan fingerprint density at radius 3 is 1.91 bits per heavy atom. The smallest absolute Gasteiger partial charge is 0.107 e. The Morgan fingerprint density at radius 2 is 1.55 bits per heavy atom. The van der Waals surface area contributed by atoms with Gasteiger partial charge < -0.3 is 0 Å². The van der Waals surface area contributed by atoms with Crippen LogP contribution in [-0.2, 0) is 0 Å². The molecule has 0 spiro atoms. The van der Waals surface area contributed by atoms with Crippen LogP contribution in [0.1, 0.15) is 0 Å². The molecule has 0 radical (unpaired) electrons. The molecule has 11 heavy (non-hydrogen) atoms. The molecule has 0 fully saturated rings. The van der Waals surface area contributed by atoms with Gasteiger partial charge in [-0.25, -0.2) is 0 Å². The van der Waals surface area contributed by atoms with E-state index in [9.17, 15) is 0 Å². The lowest BCUT2D eigenvalue weighted by Gasteiger charge is -1.84. The van der Waals surface area contributed by atoms with Gasteiger partial charge in [0.2, 0.25) is 0 Å². The third-order valence-corrected chi connectivity index (χ3v) is 3.37. The second-order valence-corrected chi connectivity index (χ2v) is 4.75. The molecule has 0 atom stereocenters. The minimum Gasteiger partial charge on any atom is -0.145 e. The van der Waals surface area contributed by atoms with Crippen molar-refractivity contribution in [3.05, 3.63) is 12.4 Å². The highest BCUT2D eigenvalue weighted by atomic mass is 32.2. The monoisotopic (exact) mass is 202 g/mol. The molecule has 2 rings (SSSR count). The predicted molar refractivity (Wildman–Crippen MR) is 43.9 cm³/mol. The molecule has 0 unspecified atom stereocenters. The first kappa shape index (κ1) is 7.14. The number of hydrogen-bond acceptors (Lipinski definition) is 7. The lowest BCUT2D eigenvalue weighted by Crippen LogP contribution is -1.58. The Kier molecular flexibility index (Phi) is 2.11. The lowest BCUT2D eigenvalue weighted by atomic mass is 11.0. The van der Waals surface area contributed by atoms with Crippen molar-refractivity contribution in [2.45, 2.75) is 8.42 Å². The van der Waals surface area contributed by atoms with Gasteiger partial charge in [0.15, 0.2) is 0 Å². The fraction of sp³-hybridized carbons (Fsp3) is 0. The molecule has 2 heterocycles. The van der Waals surface area contributed by atoms with Crippen molar-refractivity contribution in [3.63, 3.8) is 0 Å². The maximum absolute atomic E-state index is 3.74. The summed E-state index contributed by atoms with van der Waals surface area (Å²) in [6.45, 7) is 0. The molecule has 56 valence electrons. The standard InChI is InChI=1S/C4H2N4S3/c1-3(10-7-5-1)9-4-2-6-8-11-4/h1-2H. The van der Waals surface area contributed by atoms with Gasteiger partial charge >= 0.3 is 0 Å². The van der Waals surface area contributed by atoms with Crippen LogP contribution in [0.3, 0.4) is 0 Å². The normalized spacial score (nSPS) is 10.2. The molecule has 0 amide bonds. The van der Waals surface area contributed by atoms with Crippen LogP contribution in [0.25, 0.3) is 0 Å². The third-order valence-electron chi connectivity index (χ3n) is 0.883. The van der Waals surface area contributed by atoms with Crippen LogP contribution in [0.2, 0.25) is 0 Å². The molecule has 0 N–H and O–H groups in total. The molecule has 4 nitrogen and oxygen atoms in total. The Hall–Kier alpha value is -0.530. The van der Waals surface area contributed by atoms with Crippen LogP contribution >= 0.6 is 34.8 Å². The van der Waals surface area contributed by atoms with E-state index in [0.29, 0.717) is 0 Å². The third kappa shape index (κ3) is 1.73. The molecule has 0 aliphatic carbocycles. The second kappa shape index (κ2) is 3.24. The highest BCUT2D eigenvalue weighted by molar-refractivity contribution is 8.02. The van der Waals surface area contributed by atoms with Gasteiger partial charge in [-0.3, -0.25) is 0 Å². The fourth-order valence-corrected chi connectivity index (χ4v) is 2.64. The minimum absolute atomic E-state index is 1.07. The summed E-state index contributed by atoms with van der Waals surface area (Å²) in [6, 6.07) is 0. The highest BCUT2D eigenvalue weighted by Gasteiger charge is 2.00. The zero-order chi connectivity index (χ0) is 7.52. The molecule has 0 saturated carbocycles. The predicted octanol–water partition coefficient (Wildman–Crippen LogP) is 1.54. The molecule has 0 bridgehead atoms. The average Bonchev–Trinajstić information content (AvgIpc) is 2.60. The number of hydrogen-bond donors (Lipinski definition) is 0. The summed E-state index contributed by atoms with van der Waals surface area (Å²) in [4.78, 5) is 0. The van der Waals surface area contributed by atoms with Crippen LogP contribution in [0, 0.1) is 0 Å². The van der Waals surface area contributed by atoms with Crippen LogP contribution in [0.4, 0.5) is 0 Å². The molecule has 7 heteroatoms. The summed E-state index contributed by atoms with van der Waals surface area (Å²) in [5.74, 6) is 0. The van der Waals surface area contributed by atoms with Gasteiger partial charge in [-0.2, -0.15) is 0 Å². The van der Waals surface area contributed by atoms with Gasteiger partial charge in [0.25, 0.3) is 0 Å². The Morgan fingerprint density at radius 1 is 1.00 bits per heavy atom. The zero-order valence-electron chi connectivity index (χ0n) is 5.17. The Balaban J connectivity index is 2.14. The molecule has 0 aromatic carbocycles. The van der Waals surface area contributed by atoms with Gasteiger partial charge in [-0.1, -0.05) is 20.7 Å². The highest BCUT2D eigenvalue weighted by Crippen LogP contribution is 2.30. The summed E-state index contributed by atoms with van der Waals surface area (Å²) in [5.41, 5.74) is 0. The van der Waals surface area contributed by atoms with E-state index in [2.05, 4.69) is 19.2 Å². The van der Waals surface area contributed by atoms with Gasteiger partial charge in [0.1, 0.15) is 8.42 Å². The van der Waals surface area contributed by atoms with Crippen molar-refractivity contribution in [2.24, 2.45) is 0 Å².